The number of rotatable bonds is 2. The second kappa shape index (κ2) is 6.95. The summed E-state index contributed by atoms with van der Waals surface area (Å²) in [5.41, 5.74) is 1.18. The molecule has 1 aromatic rings. The Labute approximate surface area is 125 Å². The summed E-state index contributed by atoms with van der Waals surface area (Å²) < 4.78 is 13.9. The molecule has 1 heterocycles. The van der Waals surface area contributed by atoms with Gasteiger partial charge in [-0.25, -0.2) is 4.39 Å². The van der Waals surface area contributed by atoms with Crippen LogP contribution in [0.3, 0.4) is 0 Å². The lowest BCUT2D eigenvalue weighted by atomic mass is 9.94. The Kier molecular flexibility index (Phi) is 5.00. The molecule has 1 aliphatic heterocycles. The van der Waals surface area contributed by atoms with Crippen molar-refractivity contribution in [1.82, 2.24) is 5.32 Å². The first-order valence-corrected chi connectivity index (χ1v) is 9.00. The van der Waals surface area contributed by atoms with Crippen LogP contribution in [0.1, 0.15) is 63.0 Å². The summed E-state index contributed by atoms with van der Waals surface area (Å²) in [6, 6.07) is 6.52. The molecule has 1 aliphatic carbocycles. The van der Waals surface area contributed by atoms with Gasteiger partial charge >= 0.3 is 0 Å². The first-order valence-electron chi connectivity index (χ1n) is 8.02. The maximum atomic E-state index is 13.9. The van der Waals surface area contributed by atoms with Gasteiger partial charge < -0.3 is 5.32 Å². The van der Waals surface area contributed by atoms with E-state index in [1.807, 2.05) is 6.07 Å². The van der Waals surface area contributed by atoms with Crippen LogP contribution >= 0.6 is 11.8 Å². The van der Waals surface area contributed by atoms with Gasteiger partial charge in [0.1, 0.15) is 5.82 Å². The summed E-state index contributed by atoms with van der Waals surface area (Å²) in [6.45, 7) is 0. The second-order valence-corrected chi connectivity index (χ2v) is 7.16. The molecule has 1 fully saturated rings. The van der Waals surface area contributed by atoms with Crippen molar-refractivity contribution in [3.8, 4) is 0 Å². The highest BCUT2D eigenvalue weighted by Gasteiger charge is 2.25. The van der Waals surface area contributed by atoms with Crippen LogP contribution in [0.2, 0.25) is 0 Å². The zero-order chi connectivity index (χ0) is 13.8. The van der Waals surface area contributed by atoms with Crippen LogP contribution in [0.25, 0.3) is 0 Å². The van der Waals surface area contributed by atoms with Crippen molar-refractivity contribution in [3.05, 3.63) is 29.6 Å². The van der Waals surface area contributed by atoms with Crippen LogP contribution in [0, 0.1) is 5.82 Å². The van der Waals surface area contributed by atoms with E-state index >= 15 is 0 Å². The Balaban J connectivity index is 1.70. The number of halogens is 1. The van der Waals surface area contributed by atoms with E-state index in [1.54, 1.807) is 17.8 Å². The first-order chi connectivity index (χ1) is 9.84. The van der Waals surface area contributed by atoms with Gasteiger partial charge in [0.25, 0.3) is 0 Å². The molecule has 1 atom stereocenters. The number of nitrogens with one attached hydrogen (secondary N) is 1. The molecular weight excluding hydrogens is 269 g/mol. The normalized spacial score (nSPS) is 24.8. The predicted octanol–water partition coefficient (Wildman–Crippen LogP) is 5.07. The van der Waals surface area contributed by atoms with Gasteiger partial charge in [-0.15, -0.1) is 11.8 Å². The smallest absolute Gasteiger partial charge is 0.137 e. The largest absolute Gasteiger partial charge is 0.307 e. The molecule has 1 aromatic carbocycles. The highest BCUT2D eigenvalue weighted by molar-refractivity contribution is 7.99. The summed E-state index contributed by atoms with van der Waals surface area (Å²) in [6.07, 6.45) is 10.5. The Bertz CT molecular complexity index is 441. The summed E-state index contributed by atoms with van der Waals surface area (Å²) >= 11 is 1.67. The minimum atomic E-state index is -0.0448. The van der Waals surface area contributed by atoms with Gasteiger partial charge in [0.2, 0.25) is 0 Å². The Hall–Kier alpha value is -0.540. The van der Waals surface area contributed by atoms with Gasteiger partial charge in [-0.05, 0) is 36.6 Å². The molecule has 0 aromatic heterocycles. The van der Waals surface area contributed by atoms with E-state index in [1.165, 1.54) is 50.5 Å². The van der Waals surface area contributed by atoms with E-state index in [-0.39, 0.29) is 5.82 Å². The highest BCUT2D eigenvalue weighted by atomic mass is 32.2. The van der Waals surface area contributed by atoms with Crippen molar-refractivity contribution in [2.24, 2.45) is 0 Å². The predicted molar refractivity (Wildman–Crippen MR) is 83.7 cm³/mol. The first kappa shape index (κ1) is 14.4. The quantitative estimate of drug-likeness (QED) is 0.817. The van der Waals surface area contributed by atoms with Crippen LogP contribution in [-0.2, 0) is 0 Å². The molecular formula is C17H24FNS. The number of hydrogen-bond donors (Lipinski definition) is 1. The molecule has 3 heteroatoms. The third-order valence-electron chi connectivity index (χ3n) is 4.57. The van der Waals surface area contributed by atoms with Crippen LogP contribution in [-0.4, -0.2) is 11.8 Å². The van der Waals surface area contributed by atoms with Gasteiger partial charge in [0.05, 0.1) is 0 Å². The summed E-state index contributed by atoms with van der Waals surface area (Å²) in [5, 5.41) is 3.83. The lowest BCUT2D eigenvalue weighted by molar-refractivity contribution is 0.345. The second-order valence-electron chi connectivity index (χ2n) is 6.06. The van der Waals surface area contributed by atoms with Gasteiger partial charge in [-0.2, -0.15) is 0 Å². The third-order valence-corrected chi connectivity index (χ3v) is 5.73. The van der Waals surface area contributed by atoms with Crippen molar-refractivity contribution in [2.75, 3.05) is 5.75 Å². The number of benzene rings is 1. The van der Waals surface area contributed by atoms with Gasteiger partial charge in [0, 0.05) is 17.0 Å². The summed E-state index contributed by atoms with van der Waals surface area (Å²) in [4.78, 5) is 0.877. The van der Waals surface area contributed by atoms with E-state index in [0.717, 1.165) is 17.1 Å². The SMILES string of the molecule is Fc1cccc2c1SCCC2NC1CCCCCCC1. The minimum absolute atomic E-state index is 0.0448. The molecule has 1 N–H and O–H groups in total. The molecule has 0 amide bonds. The molecule has 1 saturated carbocycles. The molecule has 0 saturated heterocycles. The van der Waals surface area contributed by atoms with Crippen LogP contribution in [0.5, 0.6) is 0 Å². The Morgan fingerprint density at radius 2 is 1.75 bits per heavy atom. The average molecular weight is 293 g/mol. The molecule has 1 unspecified atom stereocenters. The molecule has 1 nitrogen and oxygen atoms in total. The molecule has 110 valence electrons. The zero-order valence-electron chi connectivity index (χ0n) is 12.0. The standard InChI is InChI=1S/C17H24FNS/c18-15-10-6-9-14-16(11-12-20-17(14)15)19-13-7-4-2-1-3-5-8-13/h6,9-10,13,16,19H,1-5,7-8,11-12H2. The molecule has 20 heavy (non-hydrogen) atoms. The fourth-order valence-electron chi connectivity index (χ4n) is 3.47. The Morgan fingerprint density at radius 1 is 1.00 bits per heavy atom. The van der Waals surface area contributed by atoms with Crippen molar-refractivity contribution in [2.45, 2.75) is 68.3 Å². The lowest BCUT2D eigenvalue weighted by Gasteiger charge is -2.31. The van der Waals surface area contributed by atoms with Crippen LogP contribution < -0.4 is 5.32 Å². The number of fused-ring (bicyclic) bond motifs is 1. The number of hydrogen-bond acceptors (Lipinski definition) is 2. The van der Waals surface area contributed by atoms with E-state index in [4.69, 9.17) is 0 Å². The maximum absolute atomic E-state index is 13.9. The van der Waals surface area contributed by atoms with Crippen molar-refractivity contribution in [3.63, 3.8) is 0 Å². The van der Waals surface area contributed by atoms with Gasteiger partial charge in [-0.3, -0.25) is 0 Å². The molecule has 3 rings (SSSR count). The minimum Gasteiger partial charge on any atom is -0.307 e. The maximum Gasteiger partial charge on any atom is 0.137 e. The van der Waals surface area contributed by atoms with E-state index < -0.39 is 0 Å². The number of thioether (sulfide) groups is 1. The van der Waals surface area contributed by atoms with Crippen LogP contribution in [0.4, 0.5) is 4.39 Å². The Morgan fingerprint density at radius 3 is 2.55 bits per heavy atom. The fourth-order valence-corrected chi connectivity index (χ4v) is 4.61. The van der Waals surface area contributed by atoms with E-state index in [9.17, 15) is 4.39 Å². The lowest BCUT2D eigenvalue weighted by Crippen LogP contribution is -2.35. The van der Waals surface area contributed by atoms with E-state index in [2.05, 4.69) is 11.4 Å². The van der Waals surface area contributed by atoms with E-state index in [0.29, 0.717) is 12.1 Å². The van der Waals surface area contributed by atoms with Crippen molar-refractivity contribution in [1.29, 1.82) is 0 Å². The third kappa shape index (κ3) is 3.37. The summed E-state index contributed by atoms with van der Waals surface area (Å²) in [5.74, 6) is 0.981. The van der Waals surface area contributed by atoms with Gasteiger partial charge in [-0.1, -0.05) is 44.2 Å². The topological polar surface area (TPSA) is 12.0 Å². The average Bonchev–Trinajstić information content (AvgIpc) is 2.43. The molecule has 0 radical (unpaired) electrons. The van der Waals surface area contributed by atoms with Gasteiger partial charge in [0.15, 0.2) is 0 Å². The molecule has 2 aliphatic rings. The molecule has 0 spiro atoms. The van der Waals surface area contributed by atoms with Crippen LogP contribution in [0.15, 0.2) is 23.1 Å². The molecule has 0 bridgehead atoms. The van der Waals surface area contributed by atoms with Crippen molar-refractivity contribution < 1.29 is 4.39 Å². The monoisotopic (exact) mass is 293 g/mol. The summed E-state index contributed by atoms with van der Waals surface area (Å²) in [7, 11) is 0. The fraction of sp³-hybridized carbons (Fsp3) is 0.647. The van der Waals surface area contributed by atoms with Crippen molar-refractivity contribution >= 4 is 11.8 Å². The zero-order valence-corrected chi connectivity index (χ0v) is 12.9. The highest BCUT2D eigenvalue weighted by Crippen LogP contribution is 2.38.